The van der Waals surface area contributed by atoms with Crippen LogP contribution < -0.4 is 4.74 Å². The maximum atomic E-state index is 5.22. The van der Waals surface area contributed by atoms with Gasteiger partial charge in [-0.3, -0.25) is 0 Å². The van der Waals surface area contributed by atoms with Crippen LogP contribution in [0.15, 0.2) is 18.2 Å². The lowest BCUT2D eigenvalue weighted by Crippen LogP contribution is -1.86. The molecular weight excluding hydrogens is 251 g/mol. The van der Waals surface area contributed by atoms with Gasteiger partial charge in [0.05, 0.1) is 10.7 Å². The smallest absolute Gasteiger partial charge is 0.132 e. The maximum Gasteiger partial charge on any atom is 0.132 e. The molecule has 0 aliphatic carbocycles. The Labute approximate surface area is 79.9 Å². The summed E-state index contributed by atoms with van der Waals surface area (Å²) in [5.41, 5.74) is 0.884. The first-order chi connectivity index (χ1) is 5.27. The fourth-order valence-corrected chi connectivity index (χ4v) is 1.49. The average Bonchev–Trinajstić information content (AvgIpc) is 2.04. The molecule has 0 aliphatic rings. The zero-order valence-corrected chi connectivity index (χ0v) is 8.25. The second kappa shape index (κ2) is 3.63. The predicted molar refractivity (Wildman–Crippen MR) is 53.6 cm³/mol. The molecule has 0 spiro atoms. The molecule has 0 N–H and O–H groups in total. The van der Waals surface area contributed by atoms with Gasteiger partial charge in [-0.25, -0.2) is 0 Å². The van der Waals surface area contributed by atoms with Crippen LogP contribution in [0.2, 0.25) is 0 Å². The first-order valence-electron chi connectivity index (χ1n) is 3.08. The summed E-state index contributed by atoms with van der Waals surface area (Å²) in [5.74, 6) is 3.42. The molecule has 0 saturated carbocycles. The van der Waals surface area contributed by atoms with Crippen molar-refractivity contribution in [3.8, 4) is 18.1 Å². The zero-order valence-electron chi connectivity index (χ0n) is 6.10. The molecule has 11 heavy (non-hydrogen) atoms. The van der Waals surface area contributed by atoms with Crippen molar-refractivity contribution in [2.75, 3.05) is 7.11 Å². The first-order valence-corrected chi connectivity index (χ1v) is 4.16. The van der Waals surface area contributed by atoms with Crippen LogP contribution in [-0.4, -0.2) is 7.11 Å². The number of hydrogen-bond donors (Lipinski definition) is 0. The van der Waals surface area contributed by atoms with Crippen LogP contribution in [0.25, 0.3) is 0 Å². The van der Waals surface area contributed by atoms with E-state index in [0.717, 1.165) is 14.9 Å². The predicted octanol–water partition coefficient (Wildman–Crippen LogP) is 2.28. The highest BCUT2D eigenvalue weighted by molar-refractivity contribution is 14.1. The minimum Gasteiger partial charge on any atom is -0.496 e. The third-order valence-corrected chi connectivity index (χ3v) is 2.16. The Morgan fingerprint density at radius 1 is 1.55 bits per heavy atom. The van der Waals surface area contributed by atoms with Gasteiger partial charge in [-0.05, 0) is 40.8 Å². The van der Waals surface area contributed by atoms with E-state index < -0.39 is 0 Å². The molecule has 1 aromatic rings. The van der Waals surface area contributed by atoms with Crippen molar-refractivity contribution in [2.45, 2.75) is 0 Å². The molecule has 1 rings (SSSR count). The second-order valence-corrected chi connectivity index (χ2v) is 3.16. The number of rotatable bonds is 1. The van der Waals surface area contributed by atoms with Crippen molar-refractivity contribution in [1.29, 1.82) is 0 Å². The van der Waals surface area contributed by atoms with E-state index >= 15 is 0 Å². The molecule has 56 valence electrons. The molecule has 0 heterocycles. The van der Waals surface area contributed by atoms with Gasteiger partial charge in [0.25, 0.3) is 0 Å². The molecule has 0 unspecified atom stereocenters. The highest BCUT2D eigenvalue weighted by Crippen LogP contribution is 2.20. The van der Waals surface area contributed by atoms with E-state index in [4.69, 9.17) is 11.2 Å². The summed E-state index contributed by atoms with van der Waals surface area (Å²) in [7, 11) is 1.65. The lowest BCUT2D eigenvalue weighted by atomic mass is 10.2. The third kappa shape index (κ3) is 1.87. The van der Waals surface area contributed by atoms with E-state index in [1.54, 1.807) is 7.11 Å². The van der Waals surface area contributed by atoms with Crippen LogP contribution in [0.5, 0.6) is 5.75 Å². The molecule has 0 bridgehead atoms. The Hall–Kier alpha value is -0.690. The number of terminal acetylenes is 1. The van der Waals surface area contributed by atoms with Crippen LogP contribution in [0, 0.1) is 15.9 Å². The van der Waals surface area contributed by atoms with Crippen molar-refractivity contribution < 1.29 is 4.74 Å². The summed E-state index contributed by atoms with van der Waals surface area (Å²) in [6, 6.07) is 5.65. The fraction of sp³-hybridized carbons (Fsp3) is 0.111. The van der Waals surface area contributed by atoms with E-state index in [-0.39, 0.29) is 0 Å². The summed E-state index contributed by atoms with van der Waals surface area (Å²) in [5, 5.41) is 0. The highest BCUT2D eigenvalue weighted by atomic mass is 127. The molecule has 0 radical (unpaired) electrons. The Kier molecular flexibility index (Phi) is 2.77. The van der Waals surface area contributed by atoms with E-state index in [1.165, 1.54) is 0 Å². The quantitative estimate of drug-likeness (QED) is 0.554. The van der Waals surface area contributed by atoms with Crippen molar-refractivity contribution in [2.24, 2.45) is 0 Å². The van der Waals surface area contributed by atoms with Gasteiger partial charge < -0.3 is 4.74 Å². The molecule has 0 fully saturated rings. The molecular formula is C9H7IO. The minimum atomic E-state index is 0.865. The zero-order chi connectivity index (χ0) is 8.27. The van der Waals surface area contributed by atoms with Crippen molar-refractivity contribution in [3.05, 3.63) is 27.3 Å². The van der Waals surface area contributed by atoms with Gasteiger partial charge in [-0.15, -0.1) is 6.42 Å². The Morgan fingerprint density at radius 3 is 2.73 bits per heavy atom. The van der Waals surface area contributed by atoms with E-state index in [2.05, 4.69) is 28.5 Å². The fourth-order valence-electron chi connectivity index (χ4n) is 0.756. The Bertz CT molecular complexity index is 299. The minimum absolute atomic E-state index is 0.865. The van der Waals surface area contributed by atoms with Gasteiger partial charge in [0, 0.05) is 5.56 Å². The van der Waals surface area contributed by atoms with Crippen LogP contribution in [-0.2, 0) is 0 Å². The average molecular weight is 258 g/mol. The van der Waals surface area contributed by atoms with Crippen molar-refractivity contribution in [1.82, 2.24) is 0 Å². The number of hydrogen-bond acceptors (Lipinski definition) is 1. The van der Waals surface area contributed by atoms with E-state index in [9.17, 15) is 0 Å². The van der Waals surface area contributed by atoms with Gasteiger partial charge >= 0.3 is 0 Å². The highest BCUT2D eigenvalue weighted by Gasteiger charge is 1.97. The van der Waals surface area contributed by atoms with Gasteiger partial charge in [-0.1, -0.05) is 5.92 Å². The van der Waals surface area contributed by atoms with Crippen LogP contribution >= 0.6 is 22.6 Å². The largest absolute Gasteiger partial charge is 0.496 e. The van der Waals surface area contributed by atoms with Crippen molar-refractivity contribution in [3.63, 3.8) is 0 Å². The summed E-state index contributed by atoms with van der Waals surface area (Å²) < 4.78 is 6.11. The monoisotopic (exact) mass is 258 g/mol. The molecule has 2 heteroatoms. The standard InChI is InChI=1S/C9H7IO/c1-3-7-4-5-9(11-2)8(10)6-7/h1,4-6H,2H3. The van der Waals surface area contributed by atoms with Gasteiger partial charge in [0.1, 0.15) is 5.75 Å². The molecule has 0 aromatic heterocycles. The second-order valence-electron chi connectivity index (χ2n) is 1.99. The van der Waals surface area contributed by atoms with Gasteiger partial charge in [-0.2, -0.15) is 0 Å². The molecule has 0 atom stereocenters. The van der Waals surface area contributed by atoms with Crippen LogP contribution in [0.4, 0.5) is 0 Å². The maximum absolute atomic E-state index is 5.22. The summed E-state index contributed by atoms with van der Waals surface area (Å²) in [6.07, 6.45) is 5.22. The SMILES string of the molecule is C#Cc1ccc(OC)c(I)c1. The molecule has 0 amide bonds. The van der Waals surface area contributed by atoms with Crippen LogP contribution in [0.1, 0.15) is 5.56 Å². The summed E-state index contributed by atoms with van der Waals surface area (Å²) in [6.45, 7) is 0. The number of halogens is 1. The Balaban J connectivity index is 3.12. The number of benzene rings is 1. The lowest BCUT2D eigenvalue weighted by Gasteiger charge is -2.01. The van der Waals surface area contributed by atoms with E-state index in [0.29, 0.717) is 0 Å². The molecule has 1 aromatic carbocycles. The molecule has 0 saturated heterocycles. The van der Waals surface area contributed by atoms with E-state index in [1.807, 2.05) is 18.2 Å². The number of methoxy groups -OCH3 is 1. The summed E-state index contributed by atoms with van der Waals surface area (Å²) >= 11 is 2.19. The first kappa shape index (κ1) is 8.41. The van der Waals surface area contributed by atoms with Gasteiger partial charge in [0.2, 0.25) is 0 Å². The Morgan fingerprint density at radius 2 is 2.27 bits per heavy atom. The van der Waals surface area contributed by atoms with Gasteiger partial charge in [0.15, 0.2) is 0 Å². The van der Waals surface area contributed by atoms with Crippen LogP contribution in [0.3, 0.4) is 0 Å². The summed E-state index contributed by atoms with van der Waals surface area (Å²) in [4.78, 5) is 0. The molecule has 0 aliphatic heterocycles. The van der Waals surface area contributed by atoms with Crippen molar-refractivity contribution >= 4 is 22.6 Å². The normalized spacial score (nSPS) is 8.82. The topological polar surface area (TPSA) is 9.23 Å². The lowest BCUT2D eigenvalue weighted by molar-refractivity contribution is 0.412. The number of ether oxygens (including phenoxy) is 1. The molecule has 1 nitrogen and oxygen atoms in total. The third-order valence-electron chi connectivity index (χ3n) is 1.32.